The molecule has 0 amide bonds. The van der Waals surface area contributed by atoms with Gasteiger partial charge in [-0.25, -0.2) is 0 Å². The number of nitrogens with zero attached hydrogens (tertiary/aromatic N) is 1. The van der Waals surface area contributed by atoms with Gasteiger partial charge in [-0.15, -0.1) is 0 Å². The zero-order valence-corrected chi connectivity index (χ0v) is 10.0. The van der Waals surface area contributed by atoms with Gasteiger partial charge >= 0.3 is 0 Å². The van der Waals surface area contributed by atoms with Crippen LogP contribution in [0.5, 0.6) is 0 Å². The lowest BCUT2D eigenvalue weighted by atomic mass is 10.2. The molecule has 16 heavy (non-hydrogen) atoms. The number of hydrogen-bond donors (Lipinski definition) is 0. The summed E-state index contributed by atoms with van der Waals surface area (Å²) in [6, 6.07) is 14.1. The van der Waals surface area contributed by atoms with Crippen molar-refractivity contribution < 1.29 is 4.40 Å². The quantitative estimate of drug-likeness (QED) is 0.575. The summed E-state index contributed by atoms with van der Waals surface area (Å²) in [5.74, 6) is 0. The largest absolute Gasteiger partial charge is 0.267 e. The lowest BCUT2D eigenvalue weighted by Crippen LogP contribution is -2.19. The average molecular weight is 247 g/mol. The molecule has 2 heterocycles. The van der Waals surface area contributed by atoms with Crippen LogP contribution in [0.1, 0.15) is 0 Å². The topological polar surface area (TPSA) is 4.10 Å². The first kappa shape index (κ1) is 9.82. The molecule has 0 saturated carbocycles. The molecule has 1 aromatic carbocycles. The first-order valence-corrected chi connectivity index (χ1v) is 6.24. The minimum atomic E-state index is 0.772. The maximum Gasteiger partial charge on any atom is 0.267 e. The van der Waals surface area contributed by atoms with Gasteiger partial charge in [-0.2, -0.15) is 4.40 Å². The van der Waals surface area contributed by atoms with E-state index < -0.39 is 0 Å². The minimum absolute atomic E-state index is 0.772. The third kappa shape index (κ3) is 1.60. The van der Waals surface area contributed by atoms with Gasteiger partial charge in [0.05, 0.1) is 5.38 Å². The molecule has 0 fully saturated rings. The molecule has 0 spiro atoms. The summed E-state index contributed by atoms with van der Waals surface area (Å²) in [5, 5.41) is 2.94. The summed E-state index contributed by atoms with van der Waals surface area (Å²) < 4.78 is 2.19. The summed E-state index contributed by atoms with van der Waals surface area (Å²) in [7, 11) is 0. The van der Waals surface area contributed by atoms with Crippen LogP contribution in [0.15, 0.2) is 54.0 Å². The Balaban J connectivity index is 2.22. The molecule has 1 nitrogen and oxygen atoms in total. The number of rotatable bonds is 1. The Morgan fingerprint density at radius 3 is 2.62 bits per heavy atom. The van der Waals surface area contributed by atoms with Crippen molar-refractivity contribution in [1.29, 1.82) is 0 Å². The van der Waals surface area contributed by atoms with Crippen LogP contribution in [0.25, 0.3) is 16.1 Å². The molecule has 78 valence electrons. The Morgan fingerprint density at radius 2 is 1.81 bits per heavy atom. The molecule has 0 N–H and O–H groups in total. The highest BCUT2D eigenvalue weighted by atomic mass is 35.5. The highest BCUT2D eigenvalue weighted by Crippen LogP contribution is 2.22. The summed E-state index contributed by atoms with van der Waals surface area (Å²) in [5.41, 5.74) is 2.39. The van der Waals surface area contributed by atoms with Gasteiger partial charge in [0, 0.05) is 22.7 Å². The summed E-state index contributed by atoms with van der Waals surface area (Å²) in [6.07, 6.45) is 2.08. The highest BCUT2D eigenvalue weighted by Gasteiger charge is 2.13. The van der Waals surface area contributed by atoms with Crippen molar-refractivity contribution in [2.45, 2.75) is 0 Å². The molecule has 0 aliphatic carbocycles. The molecule has 0 aliphatic rings. The summed E-state index contributed by atoms with van der Waals surface area (Å²) >= 11 is 7.63. The number of halogens is 1. The third-order valence-corrected chi connectivity index (χ3v) is 3.68. The lowest BCUT2D eigenvalue weighted by molar-refractivity contribution is -0.495. The zero-order valence-electron chi connectivity index (χ0n) is 8.43. The normalized spacial score (nSPS) is 10.8. The van der Waals surface area contributed by atoms with Crippen molar-refractivity contribution in [1.82, 2.24) is 0 Å². The van der Waals surface area contributed by atoms with Crippen LogP contribution in [0.2, 0.25) is 5.02 Å². The van der Waals surface area contributed by atoms with Crippen LogP contribution < -0.4 is 4.40 Å². The summed E-state index contributed by atoms with van der Waals surface area (Å²) in [6.45, 7) is 0. The molecule has 2 aromatic heterocycles. The van der Waals surface area contributed by atoms with Crippen LogP contribution in [0.4, 0.5) is 0 Å². The number of benzene rings is 1. The van der Waals surface area contributed by atoms with Crippen LogP contribution in [-0.4, -0.2) is 0 Å². The third-order valence-electron chi connectivity index (χ3n) is 2.51. The smallest absolute Gasteiger partial charge is 0.150 e. The Kier molecular flexibility index (Phi) is 2.39. The van der Waals surface area contributed by atoms with Gasteiger partial charge in [0.15, 0.2) is 6.20 Å². The van der Waals surface area contributed by atoms with Gasteiger partial charge in [-0.05, 0) is 30.3 Å². The highest BCUT2D eigenvalue weighted by molar-refractivity contribution is 7.15. The van der Waals surface area contributed by atoms with Crippen molar-refractivity contribution in [3.63, 3.8) is 0 Å². The number of fused-ring (bicyclic) bond motifs is 1. The standard InChI is InChI=1S/C13H9ClNS/c14-11-6-4-10(5-7-11)12-9-16-13-3-1-2-8-15(12)13/h1-9H/q+1. The Hall–Kier alpha value is -1.38. The van der Waals surface area contributed by atoms with E-state index in [0.29, 0.717) is 0 Å². The number of hydrogen-bond acceptors (Lipinski definition) is 1. The second-order valence-electron chi connectivity index (χ2n) is 3.54. The van der Waals surface area contributed by atoms with Gasteiger partial charge < -0.3 is 0 Å². The number of aromatic nitrogens is 1. The first-order chi connectivity index (χ1) is 7.84. The van der Waals surface area contributed by atoms with E-state index in [1.165, 1.54) is 16.1 Å². The average Bonchev–Trinajstić information content (AvgIpc) is 2.74. The molecule has 0 radical (unpaired) electrons. The van der Waals surface area contributed by atoms with Crippen LogP contribution >= 0.6 is 22.9 Å². The Bertz CT molecular complexity index is 628. The molecule has 0 saturated heterocycles. The van der Waals surface area contributed by atoms with Crippen molar-refractivity contribution in [2.24, 2.45) is 0 Å². The van der Waals surface area contributed by atoms with Gasteiger partial charge in [-0.3, -0.25) is 0 Å². The van der Waals surface area contributed by atoms with E-state index in [-0.39, 0.29) is 0 Å². The molecule has 0 unspecified atom stereocenters. The zero-order chi connectivity index (χ0) is 11.0. The second-order valence-corrected chi connectivity index (χ2v) is 4.86. The van der Waals surface area contributed by atoms with Gasteiger partial charge in [-0.1, -0.05) is 22.9 Å². The van der Waals surface area contributed by atoms with E-state index in [4.69, 9.17) is 11.6 Å². The fourth-order valence-electron chi connectivity index (χ4n) is 1.72. The molecule has 3 aromatic rings. The van der Waals surface area contributed by atoms with Crippen LogP contribution in [0.3, 0.4) is 0 Å². The Labute approximate surface area is 103 Å². The Morgan fingerprint density at radius 1 is 1.00 bits per heavy atom. The van der Waals surface area contributed by atoms with Crippen LogP contribution in [0, 0.1) is 0 Å². The molecule has 3 heteroatoms. The predicted octanol–water partition coefficient (Wildman–Crippen LogP) is 3.81. The monoisotopic (exact) mass is 246 g/mol. The number of pyridine rings is 1. The molecular weight excluding hydrogens is 238 g/mol. The van der Waals surface area contributed by atoms with E-state index in [2.05, 4.69) is 28.1 Å². The van der Waals surface area contributed by atoms with Gasteiger partial charge in [0.1, 0.15) is 0 Å². The van der Waals surface area contributed by atoms with Crippen molar-refractivity contribution in [3.05, 3.63) is 59.1 Å². The van der Waals surface area contributed by atoms with Gasteiger partial charge in [0.25, 0.3) is 4.83 Å². The maximum atomic E-state index is 5.89. The molecule has 0 atom stereocenters. The molecular formula is C13H9ClNS+. The van der Waals surface area contributed by atoms with Crippen molar-refractivity contribution >= 4 is 27.8 Å². The maximum absolute atomic E-state index is 5.89. The van der Waals surface area contributed by atoms with E-state index >= 15 is 0 Å². The van der Waals surface area contributed by atoms with E-state index in [9.17, 15) is 0 Å². The minimum Gasteiger partial charge on any atom is -0.150 e. The fourth-order valence-corrected chi connectivity index (χ4v) is 2.76. The van der Waals surface area contributed by atoms with Crippen molar-refractivity contribution in [2.75, 3.05) is 0 Å². The van der Waals surface area contributed by atoms with Gasteiger partial charge in [0.2, 0.25) is 5.69 Å². The SMILES string of the molecule is Clc1ccc(-c2csc3cccc[n+]23)cc1. The molecule has 0 aliphatic heterocycles. The fraction of sp³-hybridized carbons (Fsp3) is 0. The van der Waals surface area contributed by atoms with E-state index in [1.807, 2.05) is 30.3 Å². The summed E-state index contributed by atoms with van der Waals surface area (Å²) in [4.78, 5) is 1.24. The van der Waals surface area contributed by atoms with E-state index in [1.54, 1.807) is 11.3 Å². The molecule has 0 bridgehead atoms. The first-order valence-electron chi connectivity index (χ1n) is 4.98. The van der Waals surface area contributed by atoms with Crippen molar-refractivity contribution in [3.8, 4) is 11.3 Å². The lowest BCUT2D eigenvalue weighted by Gasteiger charge is -1.94. The molecule has 3 rings (SSSR count). The number of thiazole rings is 1. The predicted molar refractivity (Wildman–Crippen MR) is 67.9 cm³/mol. The second kappa shape index (κ2) is 3.89. The van der Waals surface area contributed by atoms with E-state index in [0.717, 1.165) is 5.02 Å². The van der Waals surface area contributed by atoms with Crippen LogP contribution in [-0.2, 0) is 0 Å².